The van der Waals surface area contributed by atoms with Crippen molar-refractivity contribution < 1.29 is 0 Å². The van der Waals surface area contributed by atoms with Crippen molar-refractivity contribution in [2.24, 2.45) is 5.73 Å². The Hall–Kier alpha value is -1.79. The van der Waals surface area contributed by atoms with Gasteiger partial charge in [-0.3, -0.25) is 4.79 Å². The fourth-order valence-electron chi connectivity index (χ4n) is 1.63. The second-order valence-corrected chi connectivity index (χ2v) is 5.22. The van der Waals surface area contributed by atoms with Crippen LogP contribution in [0.4, 0.5) is 5.82 Å². The van der Waals surface area contributed by atoms with Crippen LogP contribution in [0.1, 0.15) is 24.9 Å². The Morgan fingerprint density at radius 3 is 2.63 bits per heavy atom. The van der Waals surface area contributed by atoms with Crippen LogP contribution in [0.2, 0.25) is 0 Å². The predicted molar refractivity (Wildman–Crippen MR) is 77.1 cm³/mol. The van der Waals surface area contributed by atoms with Gasteiger partial charge in [0.15, 0.2) is 5.16 Å². The zero-order valence-electron chi connectivity index (χ0n) is 10.6. The molecule has 0 fully saturated rings. The highest BCUT2D eigenvalue weighted by Gasteiger charge is 2.05. The van der Waals surface area contributed by atoms with Crippen LogP contribution in [0.15, 0.2) is 45.2 Å². The highest BCUT2D eigenvalue weighted by molar-refractivity contribution is 7.99. The Kier molecular flexibility index (Phi) is 4.24. The lowest BCUT2D eigenvalue weighted by Gasteiger charge is -2.09. The number of nitrogens with zero attached hydrogens (tertiary/aromatic N) is 1. The van der Waals surface area contributed by atoms with Gasteiger partial charge in [-0.25, -0.2) is 4.98 Å². The molecule has 0 saturated heterocycles. The number of nitrogen functional groups attached to an aromatic ring is 1. The van der Waals surface area contributed by atoms with E-state index in [0.717, 1.165) is 16.9 Å². The highest BCUT2D eigenvalue weighted by atomic mass is 32.2. The molecular weight excluding hydrogens is 260 g/mol. The Morgan fingerprint density at radius 1 is 1.37 bits per heavy atom. The molecule has 0 unspecified atom stereocenters. The maximum Gasteiger partial charge on any atom is 0.253 e. The SMILES string of the molecule is CC[C@@H](N)c1ccc(Sc2nc(N)cc(=O)[nH]2)cc1. The van der Waals surface area contributed by atoms with Gasteiger partial charge in [0.1, 0.15) is 5.82 Å². The van der Waals surface area contributed by atoms with Crippen molar-refractivity contribution in [1.82, 2.24) is 9.97 Å². The van der Waals surface area contributed by atoms with Crippen LogP contribution in [0.3, 0.4) is 0 Å². The molecule has 5 nitrogen and oxygen atoms in total. The van der Waals surface area contributed by atoms with Crippen LogP contribution in [0.5, 0.6) is 0 Å². The van der Waals surface area contributed by atoms with E-state index in [-0.39, 0.29) is 17.4 Å². The standard InChI is InChI=1S/C13H16N4OS/c1-2-10(14)8-3-5-9(6-4-8)19-13-16-11(15)7-12(18)17-13/h3-7,10H,2,14H2,1H3,(H3,15,16,17,18)/t10-/m1/s1. The van der Waals surface area contributed by atoms with Crippen molar-refractivity contribution in [3.05, 3.63) is 46.2 Å². The molecule has 100 valence electrons. The number of rotatable bonds is 4. The van der Waals surface area contributed by atoms with E-state index in [0.29, 0.717) is 5.16 Å². The zero-order chi connectivity index (χ0) is 13.8. The number of benzene rings is 1. The van der Waals surface area contributed by atoms with Crippen molar-refractivity contribution in [3.63, 3.8) is 0 Å². The summed E-state index contributed by atoms with van der Waals surface area (Å²) < 4.78 is 0. The number of anilines is 1. The maximum atomic E-state index is 11.3. The minimum Gasteiger partial charge on any atom is -0.383 e. The average molecular weight is 276 g/mol. The third kappa shape index (κ3) is 3.59. The molecule has 0 spiro atoms. The molecular formula is C13H16N4OS. The Balaban J connectivity index is 2.17. The van der Waals surface area contributed by atoms with E-state index >= 15 is 0 Å². The number of hydrogen-bond donors (Lipinski definition) is 3. The zero-order valence-corrected chi connectivity index (χ0v) is 11.4. The Labute approximate surface area is 115 Å². The summed E-state index contributed by atoms with van der Waals surface area (Å²) in [6.07, 6.45) is 0.899. The summed E-state index contributed by atoms with van der Waals surface area (Å²) in [6.45, 7) is 2.05. The molecule has 0 aliphatic rings. The first-order valence-corrected chi connectivity index (χ1v) is 6.80. The normalized spacial score (nSPS) is 12.3. The van der Waals surface area contributed by atoms with Crippen LogP contribution in [0.25, 0.3) is 0 Å². The lowest BCUT2D eigenvalue weighted by atomic mass is 10.1. The average Bonchev–Trinajstić information content (AvgIpc) is 2.37. The van der Waals surface area contributed by atoms with Gasteiger partial charge in [0, 0.05) is 17.0 Å². The van der Waals surface area contributed by atoms with Gasteiger partial charge in [0.25, 0.3) is 5.56 Å². The van der Waals surface area contributed by atoms with Gasteiger partial charge in [-0.1, -0.05) is 30.8 Å². The molecule has 1 aromatic carbocycles. The molecule has 19 heavy (non-hydrogen) atoms. The fourth-order valence-corrected chi connectivity index (χ4v) is 2.43. The van der Waals surface area contributed by atoms with E-state index in [1.165, 1.54) is 17.8 Å². The van der Waals surface area contributed by atoms with E-state index in [4.69, 9.17) is 11.5 Å². The number of hydrogen-bond acceptors (Lipinski definition) is 5. The molecule has 0 saturated carbocycles. The summed E-state index contributed by atoms with van der Waals surface area (Å²) in [6, 6.07) is 9.21. The monoisotopic (exact) mass is 276 g/mol. The molecule has 1 aromatic heterocycles. The van der Waals surface area contributed by atoms with Crippen LogP contribution < -0.4 is 17.0 Å². The minimum atomic E-state index is -0.250. The largest absolute Gasteiger partial charge is 0.383 e. The van der Waals surface area contributed by atoms with Crippen LogP contribution in [-0.4, -0.2) is 9.97 Å². The van der Waals surface area contributed by atoms with Crippen LogP contribution in [0, 0.1) is 0 Å². The topological polar surface area (TPSA) is 97.8 Å². The van der Waals surface area contributed by atoms with E-state index in [9.17, 15) is 4.79 Å². The number of aromatic nitrogens is 2. The van der Waals surface area contributed by atoms with Gasteiger partial charge in [0.2, 0.25) is 0 Å². The fraction of sp³-hybridized carbons (Fsp3) is 0.231. The molecule has 5 N–H and O–H groups in total. The Bertz CT molecular complexity index is 609. The molecule has 0 amide bonds. The number of H-pyrrole nitrogens is 1. The van der Waals surface area contributed by atoms with Gasteiger partial charge in [0.05, 0.1) is 0 Å². The van der Waals surface area contributed by atoms with Crippen molar-refractivity contribution in [1.29, 1.82) is 0 Å². The Morgan fingerprint density at radius 2 is 2.05 bits per heavy atom. The molecule has 1 heterocycles. The quantitative estimate of drug-likeness (QED) is 0.741. The summed E-state index contributed by atoms with van der Waals surface area (Å²) in [5, 5.41) is 0.484. The highest BCUT2D eigenvalue weighted by Crippen LogP contribution is 2.25. The summed E-state index contributed by atoms with van der Waals surface area (Å²) >= 11 is 1.36. The molecule has 2 rings (SSSR count). The molecule has 2 aromatic rings. The third-order valence-electron chi connectivity index (χ3n) is 2.70. The van der Waals surface area contributed by atoms with Crippen molar-refractivity contribution in [3.8, 4) is 0 Å². The molecule has 6 heteroatoms. The van der Waals surface area contributed by atoms with Crippen LogP contribution >= 0.6 is 11.8 Å². The van der Waals surface area contributed by atoms with Gasteiger partial charge >= 0.3 is 0 Å². The second kappa shape index (κ2) is 5.90. The maximum absolute atomic E-state index is 11.3. The van der Waals surface area contributed by atoms with Gasteiger partial charge < -0.3 is 16.5 Å². The number of nitrogens with two attached hydrogens (primary N) is 2. The molecule has 0 radical (unpaired) electrons. The van der Waals surface area contributed by atoms with Crippen molar-refractivity contribution in [2.75, 3.05) is 5.73 Å². The predicted octanol–water partition coefficient (Wildman–Crippen LogP) is 1.91. The number of nitrogens with one attached hydrogen (secondary N) is 1. The van der Waals surface area contributed by atoms with Crippen LogP contribution in [-0.2, 0) is 0 Å². The van der Waals surface area contributed by atoms with E-state index in [2.05, 4.69) is 16.9 Å². The molecule has 0 aliphatic carbocycles. The molecule has 1 atom stereocenters. The van der Waals surface area contributed by atoms with Crippen molar-refractivity contribution >= 4 is 17.6 Å². The lowest BCUT2D eigenvalue weighted by molar-refractivity contribution is 0.698. The van der Waals surface area contributed by atoms with E-state index in [1.807, 2.05) is 24.3 Å². The third-order valence-corrected chi connectivity index (χ3v) is 3.60. The summed E-state index contributed by atoms with van der Waals surface area (Å²) in [7, 11) is 0. The first kappa shape index (κ1) is 13.6. The molecule has 0 aliphatic heterocycles. The second-order valence-electron chi connectivity index (χ2n) is 4.16. The van der Waals surface area contributed by atoms with Gasteiger partial charge in [-0.15, -0.1) is 0 Å². The van der Waals surface area contributed by atoms with Gasteiger partial charge in [-0.05, 0) is 24.1 Å². The summed E-state index contributed by atoms with van der Waals surface area (Å²) in [5.41, 5.74) is 12.3. The lowest BCUT2D eigenvalue weighted by Crippen LogP contribution is -2.09. The first-order valence-electron chi connectivity index (χ1n) is 5.98. The first-order chi connectivity index (χ1) is 9.08. The van der Waals surface area contributed by atoms with E-state index in [1.54, 1.807) is 0 Å². The van der Waals surface area contributed by atoms with E-state index < -0.39 is 0 Å². The van der Waals surface area contributed by atoms with Crippen molar-refractivity contribution in [2.45, 2.75) is 29.4 Å². The molecule has 0 bridgehead atoms. The minimum absolute atomic E-state index is 0.0596. The summed E-state index contributed by atoms with van der Waals surface area (Å²) in [5.74, 6) is 0.218. The van der Waals surface area contributed by atoms with Gasteiger partial charge in [-0.2, -0.15) is 0 Å². The smallest absolute Gasteiger partial charge is 0.253 e. The number of aromatic amines is 1. The summed E-state index contributed by atoms with van der Waals surface area (Å²) in [4.78, 5) is 19.0.